The van der Waals surface area contributed by atoms with Crippen molar-refractivity contribution in [1.82, 2.24) is 10.6 Å². The molecule has 1 amide bonds. The molecule has 0 heterocycles. The number of nitrogens with one attached hydrogen (secondary N) is 2. The zero-order chi connectivity index (χ0) is 11.7. The predicted molar refractivity (Wildman–Crippen MR) is 57.0 cm³/mol. The molecule has 0 unspecified atom stereocenters. The Morgan fingerprint density at radius 1 is 1.47 bits per heavy atom. The first-order valence-corrected chi connectivity index (χ1v) is 4.81. The maximum atomic E-state index is 11.3. The zero-order valence-corrected chi connectivity index (χ0v) is 8.92. The third-order valence-corrected chi connectivity index (χ3v) is 2.20. The number of hydrogen-bond donors (Lipinski definition) is 4. The first-order valence-electron chi connectivity index (χ1n) is 4.81. The second kappa shape index (κ2) is 7.23. The minimum absolute atomic E-state index is 0.0753. The van der Waals surface area contributed by atoms with E-state index in [1.165, 1.54) is 0 Å². The van der Waals surface area contributed by atoms with E-state index in [0.29, 0.717) is 13.0 Å². The van der Waals surface area contributed by atoms with Crippen molar-refractivity contribution in [3.05, 3.63) is 0 Å². The van der Waals surface area contributed by atoms with E-state index < -0.39 is 5.54 Å². The van der Waals surface area contributed by atoms with Crippen LogP contribution in [0.3, 0.4) is 0 Å². The van der Waals surface area contributed by atoms with Crippen molar-refractivity contribution in [1.29, 1.82) is 0 Å². The number of terminal acetylenes is 1. The molecule has 0 radical (unpaired) electrons. The Morgan fingerprint density at radius 2 is 2.07 bits per heavy atom. The summed E-state index contributed by atoms with van der Waals surface area (Å²) in [6.45, 7) is 1.58. The van der Waals surface area contributed by atoms with Crippen LogP contribution >= 0.6 is 0 Å². The van der Waals surface area contributed by atoms with Gasteiger partial charge in [-0.25, -0.2) is 0 Å². The Bertz CT molecular complexity index is 223. The minimum atomic E-state index is -0.936. The van der Waals surface area contributed by atoms with Gasteiger partial charge in [-0.2, -0.15) is 0 Å². The van der Waals surface area contributed by atoms with E-state index >= 15 is 0 Å². The summed E-state index contributed by atoms with van der Waals surface area (Å²) in [4.78, 5) is 11.3. The number of carbonyl (C=O) groups excluding carboxylic acids is 1. The van der Waals surface area contributed by atoms with Crippen molar-refractivity contribution in [2.45, 2.75) is 18.9 Å². The molecule has 0 spiro atoms. The SMILES string of the molecule is C#CCNCC(=O)NC(CC)(CO)CO. The lowest BCUT2D eigenvalue weighted by atomic mass is 9.98. The normalized spacial score (nSPS) is 10.8. The molecule has 0 aromatic heterocycles. The number of aliphatic hydroxyl groups is 2. The number of hydrogen-bond acceptors (Lipinski definition) is 4. The second-order valence-electron chi connectivity index (χ2n) is 3.31. The fourth-order valence-corrected chi connectivity index (χ4v) is 1.03. The molecule has 0 saturated carbocycles. The Balaban J connectivity index is 4.07. The Kier molecular flexibility index (Phi) is 6.71. The van der Waals surface area contributed by atoms with Gasteiger partial charge in [-0.15, -0.1) is 6.42 Å². The molecule has 0 atom stereocenters. The highest BCUT2D eigenvalue weighted by molar-refractivity contribution is 5.78. The quantitative estimate of drug-likeness (QED) is 0.306. The van der Waals surface area contributed by atoms with Crippen molar-refractivity contribution >= 4 is 5.91 Å². The third-order valence-electron chi connectivity index (χ3n) is 2.20. The molecule has 0 rings (SSSR count). The molecule has 86 valence electrons. The van der Waals surface area contributed by atoms with E-state index in [1.54, 1.807) is 6.92 Å². The summed E-state index contributed by atoms with van der Waals surface area (Å²) in [5.41, 5.74) is -0.936. The summed E-state index contributed by atoms with van der Waals surface area (Å²) < 4.78 is 0. The number of rotatable bonds is 7. The summed E-state index contributed by atoms with van der Waals surface area (Å²) in [6.07, 6.45) is 5.46. The zero-order valence-electron chi connectivity index (χ0n) is 8.92. The molecule has 4 N–H and O–H groups in total. The van der Waals surface area contributed by atoms with E-state index in [2.05, 4.69) is 16.6 Å². The fourth-order valence-electron chi connectivity index (χ4n) is 1.03. The lowest BCUT2D eigenvalue weighted by Crippen LogP contribution is -2.55. The lowest BCUT2D eigenvalue weighted by Gasteiger charge is -2.29. The second-order valence-corrected chi connectivity index (χ2v) is 3.31. The first kappa shape index (κ1) is 13.9. The van der Waals surface area contributed by atoms with Crippen LogP contribution in [0.2, 0.25) is 0 Å². The summed E-state index contributed by atoms with van der Waals surface area (Å²) in [5.74, 6) is 2.04. The Morgan fingerprint density at radius 3 is 2.47 bits per heavy atom. The van der Waals surface area contributed by atoms with Gasteiger partial charge in [-0.05, 0) is 6.42 Å². The summed E-state index contributed by atoms with van der Waals surface area (Å²) in [5, 5.41) is 23.4. The predicted octanol–water partition coefficient (Wildman–Crippen LogP) is -1.54. The van der Waals surface area contributed by atoms with Gasteiger partial charge in [0.2, 0.25) is 5.91 Å². The molecule has 0 aliphatic carbocycles. The van der Waals surface area contributed by atoms with Crippen LogP contribution in [-0.2, 0) is 4.79 Å². The van der Waals surface area contributed by atoms with Gasteiger partial charge in [-0.1, -0.05) is 12.8 Å². The van der Waals surface area contributed by atoms with Gasteiger partial charge >= 0.3 is 0 Å². The largest absolute Gasteiger partial charge is 0.394 e. The molecule has 0 bridgehead atoms. The fraction of sp³-hybridized carbons (Fsp3) is 0.700. The van der Waals surface area contributed by atoms with Crippen LogP contribution in [0, 0.1) is 12.3 Å². The number of aliphatic hydroxyl groups excluding tert-OH is 2. The van der Waals surface area contributed by atoms with Crippen molar-refractivity contribution in [2.75, 3.05) is 26.3 Å². The van der Waals surface area contributed by atoms with Crippen molar-refractivity contribution < 1.29 is 15.0 Å². The molecule has 0 saturated heterocycles. The van der Waals surface area contributed by atoms with E-state index in [9.17, 15) is 4.79 Å². The highest BCUT2D eigenvalue weighted by atomic mass is 16.3. The van der Waals surface area contributed by atoms with Gasteiger partial charge in [-0.3, -0.25) is 10.1 Å². The van der Waals surface area contributed by atoms with Crippen LogP contribution in [0.25, 0.3) is 0 Å². The average molecular weight is 214 g/mol. The standard InChI is InChI=1S/C10H18N2O3/c1-3-5-11-6-9(15)12-10(4-2,7-13)8-14/h1,11,13-14H,4-8H2,2H3,(H,12,15). The minimum Gasteiger partial charge on any atom is -0.394 e. The molecule has 5 nitrogen and oxygen atoms in total. The first-order chi connectivity index (χ1) is 7.14. The molecule has 15 heavy (non-hydrogen) atoms. The lowest BCUT2D eigenvalue weighted by molar-refractivity contribution is -0.123. The van der Waals surface area contributed by atoms with Crippen molar-refractivity contribution in [3.8, 4) is 12.3 Å². The molecule has 0 aromatic rings. The van der Waals surface area contributed by atoms with Gasteiger partial charge < -0.3 is 15.5 Å². The highest BCUT2D eigenvalue weighted by Crippen LogP contribution is 2.07. The van der Waals surface area contributed by atoms with Gasteiger partial charge in [0, 0.05) is 0 Å². The molecule has 0 fully saturated rings. The molecule has 0 aromatic carbocycles. The summed E-state index contributed by atoms with van der Waals surface area (Å²) in [6, 6.07) is 0. The molecular weight excluding hydrogens is 196 g/mol. The maximum Gasteiger partial charge on any atom is 0.234 e. The topological polar surface area (TPSA) is 81.6 Å². The highest BCUT2D eigenvalue weighted by Gasteiger charge is 2.27. The van der Waals surface area contributed by atoms with E-state index in [-0.39, 0.29) is 25.7 Å². The molecule has 0 aliphatic heterocycles. The summed E-state index contributed by atoms with van der Waals surface area (Å²) in [7, 11) is 0. The Labute approximate surface area is 89.9 Å². The van der Waals surface area contributed by atoms with Gasteiger partial charge in [0.1, 0.15) is 0 Å². The summed E-state index contributed by atoms with van der Waals surface area (Å²) >= 11 is 0. The van der Waals surface area contributed by atoms with Crippen molar-refractivity contribution in [3.63, 3.8) is 0 Å². The van der Waals surface area contributed by atoms with Crippen LogP contribution in [0.1, 0.15) is 13.3 Å². The van der Waals surface area contributed by atoms with Crippen LogP contribution in [0.4, 0.5) is 0 Å². The Hall–Kier alpha value is -1.09. The third kappa shape index (κ3) is 4.79. The van der Waals surface area contributed by atoms with Gasteiger partial charge in [0.05, 0.1) is 31.8 Å². The van der Waals surface area contributed by atoms with Gasteiger partial charge in [0.15, 0.2) is 0 Å². The van der Waals surface area contributed by atoms with Crippen LogP contribution in [0.15, 0.2) is 0 Å². The van der Waals surface area contributed by atoms with Gasteiger partial charge in [0.25, 0.3) is 0 Å². The van der Waals surface area contributed by atoms with E-state index in [1.807, 2.05) is 0 Å². The number of carbonyl (C=O) groups is 1. The van der Waals surface area contributed by atoms with Crippen LogP contribution < -0.4 is 10.6 Å². The van der Waals surface area contributed by atoms with E-state index in [4.69, 9.17) is 16.6 Å². The van der Waals surface area contributed by atoms with Crippen LogP contribution in [-0.4, -0.2) is 48.0 Å². The smallest absolute Gasteiger partial charge is 0.234 e. The number of amides is 1. The van der Waals surface area contributed by atoms with Crippen molar-refractivity contribution in [2.24, 2.45) is 0 Å². The van der Waals surface area contributed by atoms with E-state index in [0.717, 1.165) is 0 Å². The van der Waals surface area contributed by atoms with Crippen LogP contribution in [0.5, 0.6) is 0 Å². The average Bonchev–Trinajstić information content (AvgIpc) is 2.26. The monoisotopic (exact) mass is 214 g/mol. The molecule has 5 heteroatoms. The molecule has 0 aliphatic rings. The maximum absolute atomic E-state index is 11.3. The molecular formula is C10H18N2O3.